The van der Waals surface area contributed by atoms with E-state index in [-0.39, 0.29) is 24.9 Å². The van der Waals surface area contributed by atoms with Gasteiger partial charge in [-0.1, -0.05) is 66.7 Å². The summed E-state index contributed by atoms with van der Waals surface area (Å²) >= 11 is 0. The van der Waals surface area contributed by atoms with Crippen molar-refractivity contribution in [1.29, 1.82) is 0 Å². The van der Waals surface area contributed by atoms with E-state index >= 15 is 0 Å². The minimum Gasteiger partial charge on any atom is -0.458 e. The van der Waals surface area contributed by atoms with E-state index in [2.05, 4.69) is 47.3 Å². The number of hydrogen-bond acceptors (Lipinski definition) is 9. The lowest BCUT2D eigenvalue weighted by atomic mass is 9.45. The normalized spacial score (nSPS) is 35.9. The average Bonchev–Trinajstić information content (AvgIpc) is 3.32. The molecule has 1 fully saturated rings. The van der Waals surface area contributed by atoms with Gasteiger partial charge >= 0.3 is 17.9 Å². The molecule has 0 aromatic carbocycles. The third-order valence-corrected chi connectivity index (χ3v) is 12.0. The maximum atomic E-state index is 12.7. The summed E-state index contributed by atoms with van der Waals surface area (Å²) in [5.41, 5.74) is 13.8. The first-order valence-corrected chi connectivity index (χ1v) is 16.7. The second-order valence-electron chi connectivity index (χ2n) is 15.3. The molecule has 0 spiro atoms. The molecule has 9 nitrogen and oxygen atoms in total. The van der Waals surface area contributed by atoms with Crippen molar-refractivity contribution in [3.8, 4) is 0 Å². The second kappa shape index (κ2) is 13.0. The molecule has 9 heteroatoms. The lowest BCUT2D eigenvalue weighted by Gasteiger charge is -2.62. The molecule has 252 valence electrons. The number of nitrogens with two attached hydrogens (primary N) is 2. The minimum absolute atomic E-state index is 0.0390. The zero-order chi connectivity index (χ0) is 33.6. The van der Waals surface area contributed by atoms with E-state index in [1.54, 1.807) is 0 Å². The molecule has 0 bridgehead atoms. The van der Waals surface area contributed by atoms with Gasteiger partial charge in [-0.15, -0.1) is 0 Å². The Labute approximate surface area is 269 Å². The third-order valence-electron chi connectivity index (χ3n) is 12.0. The van der Waals surface area contributed by atoms with E-state index in [4.69, 9.17) is 25.7 Å². The van der Waals surface area contributed by atoms with Crippen LogP contribution in [0.25, 0.3) is 0 Å². The zero-order valence-electron chi connectivity index (χ0n) is 28.6. The van der Waals surface area contributed by atoms with Crippen LogP contribution in [0.15, 0.2) is 34.9 Å². The van der Waals surface area contributed by atoms with E-state index in [0.29, 0.717) is 18.3 Å². The number of aliphatic hydroxyl groups is 1. The van der Waals surface area contributed by atoms with Crippen LogP contribution in [0.3, 0.4) is 0 Å². The summed E-state index contributed by atoms with van der Waals surface area (Å²) in [6.07, 6.45) is 3.53. The van der Waals surface area contributed by atoms with Gasteiger partial charge in [0.1, 0.15) is 24.4 Å². The molecule has 1 saturated carbocycles. The molecule has 0 radical (unpaired) electrons. The Kier molecular flexibility index (Phi) is 10.2. The molecule has 0 amide bonds. The maximum Gasteiger partial charge on any atom is 0.320 e. The van der Waals surface area contributed by atoms with Crippen LogP contribution in [0.2, 0.25) is 0 Å². The Bertz CT molecular complexity index is 1270. The molecule has 0 aromatic heterocycles. The van der Waals surface area contributed by atoms with E-state index in [9.17, 15) is 19.5 Å². The second-order valence-corrected chi connectivity index (χ2v) is 15.3. The molecule has 4 aliphatic rings. The lowest BCUT2D eigenvalue weighted by molar-refractivity contribution is -0.208. The first kappa shape index (κ1) is 35.4. The summed E-state index contributed by atoms with van der Waals surface area (Å²) in [5.74, 6) is -0.731. The van der Waals surface area contributed by atoms with Crippen molar-refractivity contribution in [2.45, 2.75) is 118 Å². The fourth-order valence-electron chi connectivity index (χ4n) is 9.75. The SMILES string of the molecule is C=C(CC[C@@H](C)[C@H]1CC=C2C3=C([C@@H](O)[C@H](OC(C)=O)[C@@]21C)[C@@]1(C)C[C@@H](OC(=O)CN)[C@H](OC(=O)CN)C(C)(C)[C@@H]1CC3)C(C)C. The molecular formula is C36H56N2O7. The van der Waals surface area contributed by atoms with Crippen LogP contribution in [0.5, 0.6) is 0 Å². The quantitative estimate of drug-likeness (QED) is 0.177. The fraction of sp³-hybridized carbons (Fsp3) is 0.750. The molecule has 0 aliphatic heterocycles. The van der Waals surface area contributed by atoms with Gasteiger partial charge in [-0.3, -0.25) is 14.4 Å². The summed E-state index contributed by atoms with van der Waals surface area (Å²) in [4.78, 5) is 37.7. The summed E-state index contributed by atoms with van der Waals surface area (Å²) < 4.78 is 17.9. The lowest BCUT2D eigenvalue weighted by Crippen LogP contribution is -2.64. The summed E-state index contributed by atoms with van der Waals surface area (Å²) in [5, 5.41) is 12.4. The molecule has 45 heavy (non-hydrogen) atoms. The van der Waals surface area contributed by atoms with Gasteiger partial charge in [0.2, 0.25) is 0 Å². The van der Waals surface area contributed by atoms with Crippen molar-refractivity contribution in [3.63, 3.8) is 0 Å². The van der Waals surface area contributed by atoms with Crippen molar-refractivity contribution >= 4 is 17.9 Å². The molecule has 0 unspecified atom stereocenters. The minimum atomic E-state index is -1.05. The Morgan fingerprint density at radius 1 is 1.02 bits per heavy atom. The molecule has 0 saturated heterocycles. The highest BCUT2D eigenvalue weighted by Gasteiger charge is 2.66. The first-order chi connectivity index (χ1) is 20.9. The highest BCUT2D eigenvalue weighted by Crippen LogP contribution is 2.67. The monoisotopic (exact) mass is 628 g/mol. The Balaban J connectivity index is 1.81. The van der Waals surface area contributed by atoms with Crippen LogP contribution < -0.4 is 11.5 Å². The number of carbonyl (C=O) groups is 3. The van der Waals surface area contributed by atoms with Gasteiger partial charge in [0.25, 0.3) is 0 Å². The summed E-state index contributed by atoms with van der Waals surface area (Å²) in [6, 6.07) is 0. The van der Waals surface area contributed by atoms with Gasteiger partial charge < -0.3 is 30.8 Å². The number of rotatable bonds is 10. The standard InChI is InChI=1S/C36H56N2O7/c1-19(2)20(3)10-11-21(4)24-13-14-25-23-12-15-27-34(6,7)32(45-29(41)18-38)26(44-28(40)17-37)16-35(27,8)30(23)31(42)33(36(24,25)9)43-22(5)39/h14,19,21,24,26-27,31-33,42H,3,10-13,15-18,37-38H2,1-2,4-9H3/t21-,24-,26-,27+,31-,32+,33+,35+,36-/m1/s1. The number of aliphatic hydroxyl groups excluding tert-OH is 1. The Morgan fingerprint density at radius 3 is 2.22 bits per heavy atom. The van der Waals surface area contributed by atoms with Gasteiger partial charge in [-0.05, 0) is 84.3 Å². The van der Waals surface area contributed by atoms with Gasteiger partial charge in [0.05, 0.1) is 13.1 Å². The van der Waals surface area contributed by atoms with Crippen LogP contribution in [0, 0.1) is 39.9 Å². The molecule has 5 N–H and O–H groups in total. The Morgan fingerprint density at radius 2 is 1.64 bits per heavy atom. The van der Waals surface area contributed by atoms with Gasteiger partial charge in [0, 0.05) is 17.8 Å². The largest absolute Gasteiger partial charge is 0.458 e. The molecule has 0 heterocycles. The predicted octanol–water partition coefficient (Wildman–Crippen LogP) is 4.76. The molecular weight excluding hydrogens is 572 g/mol. The van der Waals surface area contributed by atoms with Gasteiger partial charge in [-0.25, -0.2) is 0 Å². The van der Waals surface area contributed by atoms with Crippen molar-refractivity contribution in [2.75, 3.05) is 13.1 Å². The maximum absolute atomic E-state index is 12.7. The van der Waals surface area contributed by atoms with Crippen molar-refractivity contribution in [1.82, 2.24) is 0 Å². The van der Waals surface area contributed by atoms with Crippen LogP contribution in [0.1, 0.15) is 93.9 Å². The third kappa shape index (κ3) is 6.05. The van der Waals surface area contributed by atoms with Crippen LogP contribution in [-0.4, -0.2) is 60.5 Å². The Hall–Kier alpha value is -2.49. The molecule has 4 rings (SSSR count). The highest BCUT2D eigenvalue weighted by molar-refractivity contribution is 5.73. The predicted molar refractivity (Wildman–Crippen MR) is 172 cm³/mol. The number of allylic oxidation sites excluding steroid dienone is 3. The average molecular weight is 629 g/mol. The van der Waals surface area contributed by atoms with Crippen LogP contribution in [0.4, 0.5) is 0 Å². The topological polar surface area (TPSA) is 151 Å². The highest BCUT2D eigenvalue weighted by atomic mass is 16.6. The summed E-state index contributed by atoms with van der Waals surface area (Å²) in [6.45, 7) is 20.0. The molecule has 4 aliphatic carbocycles. The number of ether oxygens (including phenoxy) is 3. The van der Waals surface area contributed by atoms with E-state index in [1.165, 1.54) is 18.1 Å². The van der Waals surface area contributed by atoms with Crippen LogP contribution >= 0.6 is 0 Å². The van der Waals surface area contributed by atoms with Gasteiger partial charge in [-0.2, -0.15) is 0 Å². The number of carbonyl (C=O) groups excluding carboxylic acids is 3. The van der Waals surface area contributed by atoms with Gasteiger partial charge in [0.15, 0.2) is 0 Å². The van der Waals surface area contributed by atoms with E-state index in [0.717, 1.165) is 43.3 Å². The smallest absolute Gasteiger partial charge is 0.320 e. The fourth-order valence-corrected chi connectivity index (χ4v) is 9.75. The first-order valence-electron chi connectivity index (χ1n) is 16.7. The van der Waals surface area contributed by atoms with Crippen molar-refractivity contribution < 1.29 is 33.7 Å². The van der Waals surface area contributed by atoms with Crippen LogP contribution in [-0.2, 0) is 28.6 Å². The zero-order valence-corrected chi connectivity index (χ0v) is 28.6. The van der Waals surface area contributed by atoms with Crippen molar-refractivity contribution in [2.24, 2.45) is 51.4 Å². The number of fused-ring (bicyclic) bond motifs is 4. The number of hydrogen-bond donors (Lipinski definition) is 3. The summed E-state index contributed by atoms with van der Waals surface area (Å²) in [7, 11) is 0. The van der Waals surface area contributed by atoms with E-state index in [1.807, 2.05) is 13.8 Å². The van der Waals surface area contributed by atoms with E-state index < -0.39 is 58.6 Å². The van der Waals surface area contributed by atoms with Crippen molar-refractivity contribution in [3.05, 3.63) is 34.9 Å². The molecule has 0 aromatic rings. The number of esters is 3. The molecule has 9 atom stereocenters.